The molecule has 0 saturated carbocycles. The summed E-state index contributed by atoms with van der Waals surface area (Å²) in [7, 11) is 0. The number of amides is 1. The Hall–Kier alpha value is -1.37. The van der Waals surface area contributed by atoms with Crippen molar-refractivity contribution >= 4 is 23.3 Å². The number of pyridine rings is 1. The molecule has 0 bridgehead atoms. The smallest absolute Gasteiger partial charge is 0.255 e. The van der Waals surface area contributed by atoms with Crippen LogP contribution in [0.15, 0.2) is 12.3 Å². The fraction of sp³-hybridized carbons (Fsp3) is 0.455. The molecule has 6 nitrogen and oxygen atoms in total. The van der Waals surface area contributed by atoms with Gasteiger partial charge in [-0.25, -0.2) is 10.8 Å². The third-order valence-electron chi connectivity index (χ3n) is 3.07. The molecule has 1 aromatic heterocycles. The van der Waals surface area contributed by atoms with E-state index in [1.807, 2.05) is 0 Å². The molecule has 1 unspecified atom stereocenters. The third kappa shape index (κ3) is 2.40. The topological polar surface area (TPSA) is 91.5 Å². The van der Waals surface area contributed by atoms with Gasteiger partial charge in [-0.15, -0.1) is 0 Å². The van der Waals surface area contributed by atoms with E-state index in [4.69, 9.17) is 17.4 Å². The Labute approximate surface area is 110 Å². The first-order valence-electron chi connectivity index (χ1n) is 5.71. The van der Waals surface area contributed by atoms with Gasteiger partial charge in [-0.05, 0) is 18.9 Å². The van der Waals surface area contributed by atoms with Crippen LogP contribution >= 0.6 is 11.6 Å². The molecule has 0 aromatic carbocycles. The lowest BCUT2D eigenvalue weighted by molar-refractivity contribution is 0.0677. The fourth-order valence-corrected chi connectivity index (χ4v) is 2.34. The Morgan fingerprint density at radius 2 is 2.50 bits per heavy atom. The van der Waals surface area contributed by atoms with E-state index in [-0.39, 0.29) is 18.6 Å². The molecule has 4 N–H and O–H groups in total. The van der Waals surface area contributed by atoms with E-state index in [1.54, 1.807) is 4.90 Å². The van der Waals surface area contributed by atoms with Crippen molar-refractivity contribution < 1.29 is 9.90 Å². The number of hydrogen-bond donors (Lipinski definition) is 3. The van der Waals surface area contributed by atoms with Gasteiger partial charge in [-0.2, -0.15) is 0 Å². The summed E-state index contributed by atoms with van der Waals surface area (Å²) < 4.78 is 0. The maximum Gasteiger partial charge on any atom is 0.255 e. The van der Waals surface area contributed by atoms with E-state index < -0.39 is 0 Å². The zero-order valence-electron chi connectivity index (χ0n) is 9.77. The molecule has 1 saturated heterocycles. The highest BCUT2D eigenvalue weighted by atomic mass is 35.5. The summed E-state index contributed by atoms with van der Waals surface area (Å²) >= 11 is 5.93. The number of aromatic nitrogens is 1. The molecule has 2 rings (SSSR count). The van der Waals surface area contributed by atoms with Crippen molar-refractivity contribution in [2.75, 3.05) is 18.6 Å². The minimum atomic E-state index is -0.162. The number of aliphatic hydroxyl groups is 1. The van der Waals surface area contributed by atoms with Gasteiger partial charge in [0, 0.05) is 12.7 Å². The molecule has 1 aliphatic rings. The summed E-state index contributed by atoms with van der Waals surface area (Å²) in [5, 5.41) is 9.50. The number of anilines is 1. The van der Waals surface area contributed by atoms with Crippen molar-refractivity contribution in [3.8, 4) is 0 Å². The second kappa shape index (κ2) is 5.51. The van der Waals surface area contributed by atoms with Gasteiger partial charge < -0.3 is 15.4 Å². The van der Waals surface area contributed by atoms with E-state index >= 15 is 0 Å². The Morgan fingerprint density at radius 3 is 3.11 bits per heavy atom. The molecule has 1 fully saturated rings. The lowest BCUT2D eigenvalue weighted by atomic mass is 10.2. The SMILES string of the molecule is NNc1ncc(C(=O)N2CCCC2CO)cc1Cl. The summed E-state index contributed by atoms with van der Waals surface area (Å²) in [6.45, 7) is 0.633. The molecule has 2 heterocycles. The van der Waals surface area contributed by atoms with Crippen LogP contribution in [0.25, 0.3) is 0 Å². The molecule has 0 aliphatic carbocycles. The molecule has 98 valence electrons. The molecular formula is C11H15ClN4O2. The summed E-state index contributed by atoms with van der Waals surface area (Å²) in [4.78, 5) is 17.9. The van der Waals surface area contributed by atoms with Crippen LogP contribution in [0, 0.1) is 0 Å². The summed E-state index contributed by atoms with van der Waals surface area (Å²) in [5.41, 5.74) is 2.75. The van der Waals surface area contributed by atoms with Gasteiger partial charge >= 0.3 is 0 Å². The summed E-state index contributed by atoms with van der Waals surface area (Å²) in [6, 6.07) is 1.42. The van der Waals surface area contributed by atoms with E-state index in [9.17, 15) is 9.90 Å². The zero-order chi connectivity index (χ0) is 13.1. The van der Waals surface area contributed by atoms with Crippen molar-refractivity contribution in [1.29, 1.82) is 0 Å². The Morgan fingerprint density at radius 1 is 1.72 bits per heavy atom. The first-order valence-corrected chi connectivity index (χ1v) is 6.09. The number of carbonyl (C=O) groups excluding carboxylic acids is 1. The quantitative estimate of drug-likeness (QED) is 0.553. The highest BCUT2D eigenvalue weighted by molar-refractivity contribution is 6.33. The van der Waals surface area contributed by atoms with Crippen LogP contribution in [0.3, 0.4) is 0 Å². The van der Waals surface area contributed by atoms with Gasteiger partial charge in [0.2, 0.25) is 0 Å². The number of nitrogens with two attached hydrogens (primary N) is 1. The maximum absolute atomic E-state index is 12.2. The van der Waals surface area contributed by atoms with Crippen molar-refractivity contribution in [2.45, 2.75) is 18.9 Å². The van der Waals surface area contributed by atoms with Crippen molar-refractivity contribution in [3.63, 3.8) is 0 Å². The molecule has 1 atom stereocenters. The number of likely N-dealkylation sites (tertiary alicyclic amines) is 1. The zero-order valence-corrected chi connectivity index (χ0v) is 10.5. The largest absolute Gasteiger partial charge is 0.394 e. The number of nitrogen functional groups attached to an aromatic ring is 1. The summed E-state index contributed by atoms with van der Waals surface area (Å²) in [5.74, 6) is 5.38. The Kier molecular flexibility index (Phi) is 4.00. The Balaban J connectivity index is 2.21. The summed E-state index contributed by atoms with van der Waals surface area (Å²) in [6.07, 6.45) is 3.16. The molecule has 1 amide bonds. The second-order valence-corrected chi connectivity index (χ2v) is 4.58. The first-order chi connectivity index (χ1) is 8.67. The van der Waals surface area contributed by atoms with Gasteiger partial charge in [-0.3, -0.25) is 4.79 Å². The standard InChI is InChI=1S/C11H15ClN4O2/c12-9-4-7(5-14-10(9)15-13)11(18)16-3-1-2-8(16)6-17/h4-5,8,17H,1-3,6,13H2,(H,14,15). The van der Waals surface area contributed by atoms with Gasteiger partial charge in [0.05, 0.1) is 23.2 Å². The molecule has 18 heavy (non-hydrogen) atoms. The minimum absolute atomic E-state index is 0.0185. The monoisotopic (exact) mass is 270 g/mol. The maximum atomic E-state index is 12.2. The number of aliphatic hydroxyl groups excluding tert-OH is 1. The van der Waals surface area contributed by atoms with Gasteiger partial charge in [0.1, 0.15) is 0 Å². The molecule has 1 aromatic rings. The number of halogens is 1. The van der Waals surface area contributed by atoms with Gasteiger partial charge in [0.15, 0.2) is 5.82 Å². The van der Waals surface area contributed by atoms with Crippen LogP contribution in [0.2, 0.25) is 5.02 Å². The number of hydrogen-bond acceptors (Lipinski definition) is 5. The minimum Gasteiger partial charge on any atom is -0.394 e. The average Bonchev–Trinajstić information content (AvgIpc) is 2.86. The highest BCUT2D eigenvalue weighted by Gasteiger charge is 2.29. The van der Waals surface area contributed by atoms with Crippen LogP contribution in [-0.4, -0.2) is 40.1 Å². The molecular weight excluding hydrogens is 256 g/mol. The van der Waals surface area contributed by atoms with Gasteiger partial charge in [-0.1, -0.05) is 11.6 Å². The van der Waals surface area contributed by atoms with E-state index in [0.29, 0.717) is 22.9 Å². The van der Waals surface area contributed by atoms with Crippen LogP contribution in [0.4, 0.5) is 5.82 Å². The molecule has 0 radical (unpaired) electrons. The number of hydrazine groups is 1. The van der Waals surface area contributed by atoms with Crippen LogP contribution in [0.5, 0.6) is 0 Å². The van der Waals surface area contributed by atoms with Crippen LogP contribution < -0.4 is 11.3 Å². The predicted octanol–water partition coefficient (Wildman–Crippen LogP) is 0.617. The second-order valence-electron chi connectivity index (χ2n) is 4.18. The number of nitrogens with one attached hydrogen (secondary N) is 1. The fourth-order valence-electron chi connectivity index (χ4n) is 2.12. The van der Waals surface area contributed by atoms with Crippen molar-refractivity contribution in [1.82, 2.24) is 9.88 Å². The number of rotatable bonds is 3. The predicted molar refractivity (Wildman–Crippen MR) is 68.2 cm³/mol. The van der Waals surface area contributed by atoms with E-state index in [1.165, 1.54) is 12.3 Å². The first kappa shape index (κ1) is 13.1. The van der Waals surface area contributed by atoms with E-state index in [0.717, 1.165) is 12.8 Å². The normalized spacial score (nSPS) is 19.1. The molecule has 0 spiro atoms. The molecule has 7 heteroatoms. The average molecular weight is 271 g/mol. The lowest BCUT2D eigenvalue weighted by Crippen LogP contribution is -2.37. The number of nitrogens with zero attached hydrogens (tertiary/aromatic N) is 2. The van der Waals surface area contributed by atoms with Crippen molar-refractivity contribution in [3.05, 3.63) is 22.8 Å². The molecule has 1 aliphatic heterocycles. The third-order valence-corrected chi connectivity index (χ3v) is 3.36. The van der Waals surface area contributed by atoms with Crippen LogP contribution in [0.1, 0.15) is 23.2 Å². The Bertz CT molecular complexity index is 455. The lowest BCUT2D eigenvalue weighted by Gasteiger charge is -2.23. The van der Waals surface area contributed by atoms with Crippen molar-refractivity contribution in [2.24, 2.45) is 5.84 Å². The highest BCUT2D eigenvalue weighted by Crippen LogP contribution is 2.23. The van der Waals surface area contributed by atoms with E-state index in [2.05, 4.69) is 10.4 Å². The van der Waals surface area contributed by atoms with Crippen LogP contribution in [-0.2, 0) is 0 Å². The number of carbonyl (C=O) groups is 1. The van der Waals surface area contributed by atoms with Gasteiger partial charge in [0.25, 0.3) is 5.91 Å².